The molecule has 88 valence electrons. The van der Waals surface area contributed by atoms with Crippen molar-refractivity contribution in [2.45, 2.75) is 13.3 Å². The highest BCUT2D eigenvalue weighted by atomic mass is 16.1. The molecule has 3 N–H and O–H groups in total. The van der Waals surface area contributed by atoms with Gasteiger partial charge in [-0.1, -0.05) is 0 Å². The van der Waals surface area contributed by atoms with Crippen molar-refractivity contribution in [2.24, 2.45) is 5.73 Å². The maximum atomic E-state index is 11.4. The molecule has 0 unspecified atom stereocenters. The fraction of sp³-hybridized carbons (Fsp3) is 0.417. The SMILES string of the molecule is Cc1cc(N(C)C)ccc1NC(=O)CCN. The average Bonchev–Trinajstić information content (AvgIpc) is 2.21. The van der Waals surface area contributed by atoms with Crippen molar-refractivity contribution in [1.82, 2.24) is 0 Å². The van der Waals surface area contributed by atoms with Crippen LogP contribution in [0.2, 0.25) is 0 Å². The van der Waals surface area contributed by atoms with Crippen molar-refractivity contribution < 1.29 is 4.79 Å². The summed E-state index contributed by atoms with van der Waals surface area (Å²) < 4.78 is 0. The van der Waals surface area contributed by atoms with Crippen molar-refractivity contribution in [3.8, 4) is 0 Å². The molecule has 0 aliphatic heterocycles. The zero-order valence-corrected chi connectivity index (χ0v) is 10.1. The Kier molecular flexibility index (Phi) is 4.31. The minimum atomic E-state index is -0.0387. The molecule has 1 rings (SSSR count). The van der Waals surface area contributed by atoms with Crippen LogP contribution in [0.1, 0.15) is 12.0 Å². The number of aryl methyl sites for hydroxylation is 1. The van der Waals surface area contributed by atoms with E-state index in [4.69, 9.17) is 5.73 Å². The lowest BCUT2D eigenvalue weighted by Crippen LogP contribution is -2.17. The number of nitrogens with zero attached hydrogens (tertiary/aromatic N) is 1. The van der Waals surface area contributed by atoms with Crippen LogP contribution in [-0.4, -0.2) is 26.5 Å². The quantitative estimate of drug-likeness (QED) is 0.807. The van der Waals surface area contributed by atoms with E-state index in [-0.39, 0.29) is 5.91 Å². The highest BCUT2D eigenvalue weighted by Gasteiger charge is 2.05. The molecule has 0 atom stereocenters. The Labute approximate surface area is 96.4 Å². The lowest BCUT2D eigenvalue weighted by Gasteiger charge is -2.15. The molecular weight excluding hydrogens is 202 g/mol. The van der Waals surface area contributed by atoms with E-state index in [0.29, 0.717) is 13.0 Å². The molecule has 0 heterocycles. The third-order valence-electron chi connectivity index (χ3n) is 2.37. The number of carbonyl (C=O) groups excluding carboxylic acids is 1. The van der Waals surface area contributed by atoms with Gasteiger partial charge in [-0.25, -0.2) is 0 Å². The van der Waals surface area contributed by atoms with Gasteiger partial charge in [0.1, 0.15) is 0 Å². The van der Waals surface area contributed by atoms with Crippen LogP contribution in [0.3, 0.4) is 0 Å². The van der Waals surface area contributed by atoms with Gasteiger partial charge in [0.05, 0.1) is 0 Å². The third kappa shape index (κ3) is 3.24. The second-order valence-electron chi connectivity index (χ2n) is 3.98. The molecule has 1 amide bonds. The molecule has 0 aliphatic carbocycles. The number of hydrogen-bond donors (Lipinski definition) is 2. The summed E-state index contributed by atoms with van der Waals surface area (Å²) >= 11 is 0. The minimum absolute atomic E-state index is 0.0387. The zero-order valence-electron chi connectivity index (χ0n) is 10.1. The van der Waals surface area contributed by atoms with Crippen molar-refractivity contribution >= 4 is 17.3 Å². The van der Waals surface area contributed by atoms with Crippen molar-refractivity contribution in [1.29, 1.82) is 0 Å². The second-order valence-corrected chi connectivity index (χ2v) is 3.98. The number of hydrogen-bond acceptors (Lipinski definition) is 3. The highest BCUT2D eigenvalue weighted by molar-refractivity contribution is 5.91. The number of rotatable bonds is 4. The van der Waals surface area contributed by atoms with Crippen molar-refractivity contribution in [3.05, 3.63) is 23.8 Å². The van der Waals surface area contributed by atoms with Gasteiger partial charge in [0.15, 0.2) is 0 Å². The van der Waals surface area contributed by atoms with Gasteiger partial charge >= 0.3 is 0 Å². The monoisotopic (exact) mass is 221 g/mol. The molecular formula is C12H19N3O. The molecule has 0 saturated carbocycles. The van der Waals surface area contributed by atoms with Gasteiger partial charge in [-0.15, -0.1) is 0 Å². The summed E-state index contributed by atoms with van der Waals surface area (Å²) in [5, 5.41) is 2.84. The van der Waals surface area contributed by atoms with Gasteiger partial charge in [-0.2, -0.15) is 0 Å². The lowest BCUT2D eigenvalue weighted by molar-refractivity contribution is -0.116. The summed E-state index contributed by atoms with van der Waals surface area (Å²) in [5.41, 5.74) is 8.34. The first-order valence-electron chi connectivity index (χ1n) is 5.32. The van der Waals surface area contributed by atoms with E-state index < -0.39 is 0 Å². The summed E-state index contributed by atoms with van der Waals surface area (Å²) in [5.74, 6) is -0.0387. The molecule has 16 heavy (non-hydrogen) atoms. The summed E-state index contributed by atoms with van der Waals surface area (Å²) in [6.45, 7) is 2.35. The molecule has 4 nitrogen and oxygen atoms in total. The van der Waals surface area contributed by atoms with Crippen LogP contribution in [0.4, 0.5) is 11.4 Å². The van der Waals surface area contributed by atoms with Crippen molar-refractivity contribution in [2.75, 3.05) is 30.9 Å². The number of nitrogens with two attached hydrogens (primary N) is 1. The molecule has 0 bridgehead atoms. The average molecular weight is 221 g/mol. The van der Waals surface area contributed by atoms with Gasteiger partial charge in [-0.05, 0) is 30.7 Å². The van der Waals surface area contributed by atoms with Crippen LogP contribution in [0.25, 0.3) is 0 Å². The summed E-state index contributed by atoms with van der Waals surface area (Å²) in [6.07, 6.45) is 0.356. The Balaban J connectivity index is 2.79. The van der Waals surface area contributed by atoms with E-state index in [1.54, 1.807) is 0 Å². The van der Waals surface area contributed by atoms with Crippen LogP contribution in [0.5, 0.6) is 0 Å². The van der Waals surface area contributed by atoms with Crippen LogP contribution in [0.15, 0.2) is 18.2 Å². The van der Waals surface area contributed by atoms with Crippen LogP contribution >= 0.6 is 0 Å². The largest absolute Gasteiger partial charge is 0.378 e. The predicted molar refractivity (Wildman–Crippen MR) is 67.8 cm³/mol. The van der Waals surface area contributed by atoms with Gasteiger partial charge in [0, 0.05) is 38.4 Å². The molecule has 0 radical (unpaired) electrons. The Morgan fingerprint density at radius 1 is 1.44 bits per heavy atom. The van der Waals surface area contributed by atoms with Crippen LogP contribution in [-0.2, 0) is 4.79 Å². The molecule has 0 spiro atoms. The zero-order chi connectivity index (χ0) is 12.1. The Bertz CT molecular complexity index is 375. The fourth-order valence-corrected chi connectivity index (χ4v) is 1.41. The Morgan fingerprint density at radius 2 is 2.12 bits per heavy atom. The molecule has 0 saturated heterocycles. The van der Waals surface area contributed by atoms with E-state index in [1.165, 1.54) is 0 Å². The number of nitrogens with one attached hydrogen (secondary N) is 1. The molecule has 0 aliphatic rings. The number of amides is 1. The highest BCUT2D eigenvalue weighted by Crippen LogP contribution is 2.21. The molecule has 1 aromatic rings. The molecule has 4 heteroatoms. The summed E-state index contributed by atoms with van der Waals surface area (Å²) in [7, 11) is 3.98. The number of carbonyl (C=O) groups is 1. The van der Waals surface area contributed by atoms with Crippen molar-refractivity contribution in [3.63, 3.8) is 0 Å². The van der Waals surface area contributed by atoms with Gasteiger partial charge in [-0.3, -0.25) is 4.79 Å². The van der Waals surface area contributed by atoms with Crippen LogP contribution < -0.4 is 16.0 Å². The Hall–Kier alpha value is -1.55. The van der Waals surface area contributed by atoms with Gasteiger partial charge in [0.2, 0.25) is 5.91 Å². The minimum Gasteiger partial charge on any atom is -0.378 e. The van der Waals surface area contributed by atoms with E-state index in [9.17, 15) is 4.79 Å². The first-order valence-corrected chi connectivity index (χ1v) is 5.32. The maximum absolute atomic E-state index is 11.4. The normalized spacial score (nSPS) is 10.0. The fourth-order valence-electron chi connectivity index (χ4n) is 1.41. The molecule has 0 fully saturated rings. The predicted octanol–water partition coefficient (Wildman–Crippen LogP) is 1.35. The smallest absolute Gasteiger partial charge is 0.225 e. The third-order valence-corrected chi connectivity index (χ3v) is 2.37. The van der Waals surface area contributed by atoms with E-state index >= 15 is 0 Å². The maximum Gasteiger partial charge on any atom is 0.225 e. The lowest BCUT2D eigenvalue weighted by atomic mass is 10.1. The first-order chi connectivity index (χ1) is 7.54. The standard InChI is InChI=1S/C12H19N3O/c1-9-8-10(15(2)3)4-5-11(9)14-12(16)6-7-13/h4-5,8H,6-7,13H2,1-3H3,(H,14,16). The van der Waals surface area contributed by atoms with Gasteiger partial charge in [0.25, 0.3) is 0 Å². The topological polar surface area (TPSA) is 58.4 Å². The second kappa shape index (κ2) is 5.51. The first kappa shape index (κ1) is 12.5. The summed E-state index contributed by atoms with van der Waals surface area (Å²) in [4.78, 5) is 13.4. The Morgan fingerprint density at radius 3 is 2.62 bits per heavy atom. The molecule has 1 aromatic carbocycles. The molecule has 0 aromatic heterocycles. The number of anilines is 2. The number of benzene rings is 1. The van der Waals surface area contributed by atoms with E-state index in [2.05, 4.69) is 5.32 Å². The van der Waals surface area contributed by atoms with E-state index in [1.807, 2.05) is 44.1 Å². The van der Waals surface area contributed by atoms with E-state index in [0.717, 1.165) is 16.9 Å². The van der Waals surface area contributed by atoms with Gasteiger partial charge < -0.3 is 16.0 Å². The summed E-state index contributed by atoms with van der Waals surface area (Å²) in [6, 6.07) is 5.93. The van der Waals surface area contributed by atoms with Crippen LogP contribution in [0, 0.1) is 6.92 Å².